The van der Waals surface area contributed by atoms with E-state index < -0.39 is 11.4 Å². The van der Waals surface area contributed by atoms with Crippen LogP contribution in [0.2, 0.25) is 0 Å². The summed E-state index contributed by atoms with van der Waals surface area (Å²) in [6, 6.07) is 7.52. The van der Waals surface area contributed by atoms with Crippen LogP contribution in [0, 0.1) is 5.41 Å². The molecule has 19 heavy (non-hydrogen) atoms. The zero-order valence-electron chi connectivity index (χ0n) is 11.3. The number of carboxylic acid groups (broad SMARTS) is 1. The Hall–Kier alpha value is -1.84. The summed E-state index contributed by atoms with van der Waals surface area (Å²) >= 11 is 0. The van der Waals surface area contributed by atoms with Gasteiger partial charge in [-0.1, -0.05) is 12.1 Å². The van der Waals surface area contributed by atoms with Crippen LogP contribution in [0.25, 0.3) is 0 Å². The number of aliphatic carboxylic acids is 1. The molecule has 1 aliphatic heterocycles. The van der Waals surface area contributed by atoms with Gasteiger partial charge in [-0.15, -0.1) is 0 Å². The third-order valence-electron chi connectivity index (χ3n) is 4.00. The molecule has 2 rings (SSSR count). The van der Waals surface area contributed by atoms with Gasteiger partial charge in [0.25, 0.3) is 0 Å². The van der Waals surface area contributed by atoms with Gasteiger partial charge in [0.05, 0.1) is 5.41 Å². The molecule has 1 aromatic rings. The Labute approximate surface area is 113 Å². The number of carboxylic acids is 1. The van der Waals surface area contributed by atoms with Crippen molar-refractivity contribution in [2.75, 3.05) is 18.0 Å². The molecule has 0 spiro atoms. The van der Waals surface area contributed by atoms with Gasteiger partial charge in [0.15, 0.2) is 5.78 Å². The summed E-state index contributed by atoms with van der Waals surface area (Å²) in [5, 5.41) is 9.21. The van der Waals surface area contributed by atoms with Crippen molar-refractivity contribution in [3.63, 3.8) is 0 Å². The van der Waals surface area contributed by atoms with Crippen LogP contribution in [0.4, 0.5) is 5.69 Å². The molecule has 4 nitrogen and oxygen atoms in total. The molecule has 1 aliphatic rings. The molecule has 0 saturated carbocycles. The molecule has 1 aromatic carbocycles. The van der Waals surface area contributed by atoms with Gasteiger partial charge in [-0.05, 0) is 38.8 Å². The number of carbonyl (C=O) groups is 2. The standard InChI is InChI=1S/C15H19NO3/c1-11(17)12-4-3-5-13(10-12)16-8-6-15(2,7-9-16)14(18)19/h3-5,10H,6-9H2,1-2H3,(H,18,19). The molecule has 0 unspecified atom stereocenters. The lowest BCUT2D eigenvalue weighted by Crippen LogP contribution is -2.42. The van der Waals surface area contributed by atoms with Gasteiger partial charge in [0.1, 0.15) is 0 Å². The van der Waals surface area contributed by atoms with Crippen molar-refractivity contribution in [3.05, 3.63) is 29.8 Å². The van der Waals surface area contributed by atoms with Gasteiger partial charge < -0.3 is 10.0 Å². The summed E-state index contributed by atoms with van der Waals surface area (Å²) in [4.78, 5) is 24.7. The topological polar surface area (TPSA) is 57.6 Å². The molecule has 0 radical (unpaired) electrons. The summed E-state index contributed by atoms with van der Waals surface area (Å²) < 4.78 is 0. The predicted molar refractivity (Wildman–Crippen MR) is 73.6 cm³/mol. The second-order valence-electron chi connectivity index (χ2n) is 5.46. The first-order chi connectivity index (χ1) is 8.92. The fourth-order valence-corrected chi connectivity index (χ4v) is 2.39. The van der Waals surface area contributed by atoms with Gasteiger partial charge in [-0.25, -0.2) is 0 Å². The first-order valence-electron chi connectivity index (χ1n) is 6.52. The van der Waals surface area contributed by atoms with E-state index in [0.29, 0.717) is 31.5 Å². The van der Waals surface area contributed by atoms with Crippen LogP contribution in [-0.4, -0.2) is 29.9 Å². The van der Waals surface area contributed by atoms with Crippen LogP contribution in [0.5, 0.6) is 0 Å². The maximum atomic E-state index is 11.4. The quantitative estimate of drug-likeness (QED) is 0.850. The zero-order chi connectivity index (χ0) is 14.0. The van der Waals surface area contributed by atoms with Crippen molar-refractivity contribution >= 4 is 17.4 Å². The van der Waals surface area contributed by atoms with Crippen molar-refractivity contribution in [1.82, 2.24) is 0 Å². The molecule has 1 saturated heterocycles. The SMILES string of the molecule is CC(=O)c1cccc(N2CCC(C)(C(=O)O)CC2)c1. The average Bonchev–Trinajstić information content (AvgIpc) is 2.39. The Morgan fingerprint density at radius 1 is 1.26 bits per heavy atom. The maximum absolute atomic E-state index is 11.4. The molecular weight excluding hydrogens is 242 g/mol. The number of rotatable bonds is 3. The second kappa shape index (κ2) is 5.03. The predicted octanol–water partition coefficient (Wildman–Crippen LogP) is 2.58. The third kappa shape index (κ3) is 2.78. The zero-order valence-corrected chi connectivity index (χ0v) is 11.3. The molecule has 4 heteroatoms. The largest absolute Gasteiger partial charge is 0.481 e. The smallest absolute Gasteiger partial charge is 0.309 e. The van der Waals surface area contributed by atoms with Crippen LogP contribution in [0.1, 0.15) is 37.0 Å². The Morgan fingerprint density at radius 2 is 1.89 bits per heavy atom. The summed E-state index contributed by atoms with van der Waals surface area (Å²) in [6.07, 6.45) is 1.26. The highest BCUT2D eigenvalue weighted by Crippen LogP contribution is 2.33. The van der Waals surface area contributed by atoms with E-state index in [0.717, 1.165) is 5.69 Å². The fourth-order valence-electron chi connectivity index (χ4n) is 2.39. The van der Waals surface area contributed by atoms with E-state index in [1.807, 2.05) is 18.2 Å². The fraction of sp³-hybridized carbons (Fsp3) is 0.467. The second-order valence-corrected chi connectivity index (χ2v) is 5.46. The molecule has 0 bridgehead atoms. The minimum absolute atomic E-state index is 0.0502. The van der Waals surface area contributed by atoms with Gasteiger partial charge >= 0.3 is 5.97 Å². The summed E-state index contributed by atoms with van der Waals surface area (Å²) in [5.41, 5.74) is 1.08. The summed E-state index contributed by atoms with van der Waals surface area (Å²) in [6.45, 7) is 4.78. The molecule has 0 aliphatic carbocycles. The van der Waals surface area contributed by atoms with Crippen LogP contribution in [0.3, 0.4) is 0 Å². The monoisotopic (exact) mass is 261 g/mol. The lowest BCUT2D eigenvalue weighted by molar-refractivity contribution is -0.149. The Balaban J connectivity index is 2.12. The normalized spacial score (nSPS) is 18.1. The Morgan fingerprint density at radius 3 is 2.42 bits per heavy atom. The number of nitrogens with zero attached hydrogens (tertiary/aromatic N) is 1. The highest BCUT2D eigenvalue weighted by atomic mass is 16.4. The lowest BCUT2D eigenvalue weighted by Gasteiger charge is -2.37. The van der Waals surface area contributed by atoms with E-state index in [1.54, 1.807) is 19.9 Å². The van der Waals surface area contributed by atoms with Gasteiger partial charge in [0, 0.05) is 24.3 Å². The molecule has 1 heterocycles. The molecule has 1 fully saturated rings. The average molecular weight is 261 g/mol. The molecule has 0 amide bonds. The molecule has 102 valence electrons. The maximum Gasteiger partial charge on any atom is 0.309 e. The minimum atomic E-state index is -0.718. The number of benzene rings is 1. The van der Waals surface area contributed by atoms with Crippen LogP contribution < -0.4 is 4.90 Å². The summed E-state index contributed by atoms with van der Waals surface area (Å²) in [5.74, 6) is -0.668. The minimum Gasteiger partial charge on any atom is -0.481 e. The first-order valence-corrected chi connectivity index (χ1v) is 6.52. The number of hydrogen-bond acceptors (Lipinski definition) is 3. The van der Waals surface area contributed by atoms with Crippen molar-refractivity contribution in [3.8, 4) is 0 Å². The number of hydrogen-bond donors (Lipinski definition) is 1. The lowest BCUT2D eigenvalue weighted by atomic mass is 9.80. The van der Waals surface area contributed by atoms with Crippen LogP contribution >= 0.6 is 0 Å². The third-order valence-corrected chi connectivity index (χ3v) is 4.00. The van der Waals surface area contributed by atoms with E-state index in [-0.39, 0.29) is 5.78 Å². The Kier molecular flexibility index (Phi) is 3.60. The molecule has 0 atom stereocenters. The highest BCUT2D eigenvalue weighted by Gasteiger charge is 2.36. The van der Waals surface area contributed by atoms with E-state index in [4.69, 9.17) is 0 Å². The number of carbonyl (C=O) groups excluding carboxylic acids is 1. The van der Waals surface area contributed by atoms with E-state index in [1.165, 1.54) is 0 Å². The number of anilines is 1. The Bertz CT molecular complexity index is 502. The van der Waals surface area contributed by atoms with Crippen molar-refractivity contribution in [1.29, 1.82) is 0 Å². The van der Waals surface area contributed by atoms with Gasteiger partial charge in [-0.2, -0.15) is 0 Å². The van der Waals surface area contributed by atoms with Gasteiger partial charge in [-0.3, -0.25) is 9.59 Å². The van der Waals surface area contributed by atoms with Crippen molar-refractivity contribution < 1.29 is 14.7 Å². The van der Waals surface area contributed by atoms with Crippen molar-refractivity contribution in [2.24, 2.45) is 5.41 Å². The van der Waals surface area contributed by atoms with Crippen LogP contribution in [-0.2, 0) is 4.79 Å². The molecular formula is C15H19NO3. The van der Waals surface area contributed by atoms with E-state index >= 15 is 0 Å². The van der Waals surface area contributed by atoms with Crippen LogP contribution in [0.15, 0.2) is 24.3 Å². The molecule has 0 aromatic heterocycles. The van der Waals surface area contributed by atoms with Crippen molar-refractivity contribution in [2.45, 2.75) is 26.7 Å². The number of piperidine rings is 1. The number of Topliss-reactive ketones (excluding diaryl/α,β-unsaturated/α-hetero) is 1. The highest BCUT2D eigenvalue weighted by molar-refractivity contribution is 5.95. The molecule has 1 N–H and O–H groups in total. The first kappa shape index (κ1) is 13.6. The van der Waals surface area contributed by atoms with E-state index in [2.05, 4.69) is 4.90 Å². The van der Waals surface area contributed by atoms with E-state index in [9.17, 15) is 14.7 Å². The van der Waals surface area contributed by atoms with Gasteiger partial charge in [0.2, 0.25) is 0 Å². The summed E-state index contributed by atoms with van der Waals surface area (Å²) in [7, 11) is 0. The number of ketones is 1.